The average Bonchev–Trinajstić information content (AvgIpc) is 3.12. The van der Waals surface area contributed by atoms with Crippen molar-refractivity contribution in [3.8, 4) is 5.69 Å². The molecular weight excluding hydrogens is 374 g/mol. The van der Waals surface area contributed by atoms with E-state index in [2.05, 4.69) is 70.7 Å². The first-order valence-corrected chi connectivity index (χ1v) is 10.4. The first-order chi connectivity index (χ1) is 14.4. The Morgan fingerprint density at radius 2 is 1.80 bits per heavy atom. The summed E-state index contributed by atoms with van der Waals surface area (Å²) in [4.78, 5) is 14.1. The fraction of sp³-hybridized carbons (Fsp3) is 0.320. The van der Waals surface area contributed by atoms with Gasteiger partial charge in [0, 0.05) is 48.7 Å². The minimum atomic E-state index is -0.475. The summed E-state index contributed by atoms with van der Waals surface area (Å²) in [5.41, 5.74) is 5.43. The van der Waals surface area contributed by atoms with Gasteiger partial charge in [-0.05, 0) is 63.1 Å². The smallest absolute Gasteiger partial charge is 0.410 e. The molecule has 0 saturated carbocycles. The predicted octanol–water partition coefficient (Wildman–Crippen LogP) is 5.70. The molecule has 1 aromatic heterocycles. The number of rotatable bonds is 3. The molecule has 5 heteroatoms. The highest BCUT2D eigenvalue weighted by Gasteiger charge is 2.24. The van der Waals surface area contributed by atoms with Gasteiger partial charge in [0.15, 0.2) is 0 Å². The Morgan fingerprint density at radius 1 is 1.07 bits per heavy atom. The van der Waals surface area contributed by atoms with Crippen LogP contribution in [0.2, 0.25) is 0 Å². The first kappa shape index (κ1) is 20.1. The Balaban J connectivity index is 1.64. The number of benzene rings is 2. The van der Waals surface area contributed by atoms with Crippen molar-refractivity contribution in [1.29, 1.82) is 0 Å². The summed E-state index contributed by atoms with van der Waals surface area (Å²) < 4.78 is 7.76. The molecule has 1 amide bonds. The minimum absolute atomic E-state index is 0.246. The van der Waals surface area contributed by atoms with Gasteiger partial charge in [0.2, 0.25) is 0 Å². The molecule has 3 aromatic rings. The van der Waals surface area contributed by atoms with Crippen LogP contribution in [-0.2, 0) is 4.74 Å². The molecule has 1 aliphatic heterocycles. The molecule has 0 unspecified atom stereocenters. The van der Waals surface area contributed by atoms with Crippen LogP contribution in [0.25, 0.3) is 22.2 Å². The number of carbonyl (C=O) groups is 1. The number of hydrogen-bond donors (Lipinski definition) is 1. The third-order valence-corrected chi connectivity index (χ3v) is 5.35. The molecule has 1 aliphatic rings. The van der Waals surface area contributed by atoms with Gasteiger partial charge in [0.1, 0.15) is 5.60 Å². The highest BCUT2D eigenvalue weighted by Crippen LogP contribution is 2.33. The van der Waals surface area contributed by atoms with Crippen LogP contribution in [0.15, 0.2) is 60.8 Å². The van der Waals surface area contributed by atoms with E-state index in [-0.39, 0.29) is 6.09 Å². The summed E-state index contributed by atoms with van der Waals surface area (Å²) in [6.07, 6.45) is 4.94. The van der Waals surface area contributed by atoms with Gasteiger partial charge in [-0.3, -0.25) is 0 Å². The Kier molecular flexibility index (Phi) is 5.29. The maximum absolute atomic E-state index is 12.4. The molecule has 5 nitrogen and oxygen atoms in total. The molecule has 0 aliphatic carbocycles. The predicted molar refractivity (Wildman–Crippen MR) is 123 cm³/mol. The lowest BCUT2D eigenvalue weighted by Gasteiger charge is -2.29. The van der Waals surface area contributed by atoms with Gasteiger partial charge < -0.3 is 19.5 Å². The van der Waals surface area contributed by atoms with Gasteiger partial charge in [0.05, 0.1) is 5.52 Å². The Bertz CT molecular complexity index is 1090. The summed E-state index contributed by atoms with van der Waals surface area (Å²) >= 11 is 0. The van der Waals surface area contributed by atoms with Gasteiger partial charge in [0.25, 0.3) is 0 Å². The van der Waals surface area contributed by atoms with Gasteiger partial charge in [-0.2, -0.15) is 0 Å². The minimum Gasteiger partial charge on any atom is -0.444 e. The van der Waals surface area contributed by atoms with E-state index in [0.29, 0.717) is 13.1 Å². The summed E-state index contributed by atoms with van der Waals surface area (Å²) in [7, 11) is 1.92. The monoisotopic (exact) mass is 403 g/mol. The summed E-state index contributed by atoms with van der Waals surface area (Å²) in [6, 6.07) is 16.9. The standard InChI is InChI=1S/C25H29N3O2/c1-25(2,3)30-24(29)27-15-13-18(14-16-27)22-17-28(23-8-6-5-7-21(22)23)20-11-9-19(26-4)10-12-20/h5-13,17,26H,14-16H2,1-4H3. The SMILES string of the molecule is CNc1ccc(-n2cc(C3=CCN(C(=O)OC(C)(C)C)CC3)c3ccccc32)cc1. The summed E-state index contributed by atoms with van der Waals surface area (Å²) in [6.45, 7) is 6.92. The van der Waals surface area contributed by atoms with Gasteiger partial charge in [-0.25, -0.2) is 4.79 Å². The first-order valence-electron chi connectivity index (χ1n) is 10.4. The molecule has 156 valence electrons. The number of para-hydroxylation sites is 1. The van der Waals surface area contributed by atoms with Crippen molar-refractivity contribution in [3.05, 3.63) is 66.4 Å². The molecule has 0 fully saturated rings. The Hall–Kier alpha value is -3.21. The van der Waals surface area contributed by atoms with E-state index >= 15 is 0 Å². The quantitative estimate of drug-likeness (QED) is 0.610. The number of amides is 1. The lowest BCUT2D eigenvalue weighted by atomic mass is 9.99. The fourth-order valence-electron chi connectivity index (χ4n) is 3.84. The number of nitrogens with zero attached hydrogens (tertiary/aromatic N) is 2. The van der Waals surface area contributed by atoms with Crippen LogP contribution < -0.4 is 5.32 Å². The molecule has 4 rings (SSSR count). The summed E-state index contributed by atoms with van der Waals surface area (Å²) in [5, 5.41) is 4.40. The number of aromatic nitrogens is 1. The van der Waals surface area contributed by atoms with Crippen LogP contribution >= 0.6 is 0 Å². The van der Waals surface area contributed by atoms with E-state index in [0.717, 1.165) is 17.8 Å². The largest absolute Gasteiger partial charge is 0.444 e. The number of ether oxygens (including phenoxy) is 1. The van der Waals surface area contributed by atoms with Gasteiger partial charge >= 0.3 is 6.09 Å². The maximum Gasteiger partial charge on any atom is 0.410 e. The average molecular weight is 404 g/mol. The van der Waals surface area contributed by atoms with Crippen molar-refractivity contribution >= 4 is 28.3 Å². The van der Waals surface area contributed by atoms with Crippen LogP contribution in [0, 0.1) is 0 Å². The number of anilines is 1. The zero-order chi connectivity index (χ0) is 21.3. The normalized spacial score (nSPS) is 14.5. The molecule has 0 saturated heterocycles. The molecule has 0 atom stereocenters. The highest BCUT2D eigenvalue weighted by molar-refractivity contribution is 5.94. The fourth-order valence-corrected chi connectivity index (χ4v) is 3.84. The van der Waals surface area contributed by atoms with E-state index in [1.54, 1.807) is 4.90 Å². The van der Waals surface area contributed by atoms with Crippen molar-refractivity contribution in [2.24, 2.45) is 0 Å². The van der Waals surface area contributed by atoms with Gasteiger partial charge in [-0.1, -0.05) is 24.3 Å². The van der Waals surface area contributed by atoms with E-state index in [9.17, 15) is 4.79 Å². The third kappa shape index (κ3) is 4.06. The van der Waals surface area contributed by atoms with E-state index < -0.39 is 5.60 Å². The third-order valence-electron chi connectivity index (χ3n) is 5.35. The second-order valence-electron chi connectivity index (χ2n) is 8.63. The highest BCUT2D eigenvalue weighted by atomic mass is 16.6. The zero-order valence-electron chi connectivity index (χ0n) is 18.1. The van der Waals surface area contributed by atoms with E-state index in [1.807, 2.05) is 27.8 Å². The van der Waals surface area contributed by atoms with Crippen molar-refractivity contribution in [1.82, 2.24) is 9.47 Å². The lowest BCUT2D eigenvalue weighted by molar-refractivity contribution is 0.0270. The molecule has 0 bridgehead atoms. The van der Waals surface area contributed by atoms with E-state index in [1.165, 1.54) is 22.0 Å². The van der Waals surface area contributed by atoms with Crippen LogP contribution in [0.4, 0.5) is 10.5 Å². The molecule has 30 heavy (non-hydrogen) atoms. The molecule has 1 N–H and O–H groups in total. The van der Waals surface area contributed by atoms with Gasteiger partial charge in [-0.15, -0.1) is 0 Å². The number of carbonyl (C=O) groups excluding carboxylic acids is 1. The number of hydrogen-bond acceptors (Lipinski definition) is 3. The maximum atomic E-state index is 12.4. The Morgan fingerprint density at radius 3 is 2.43 bits per heavy atom. The molecule has 0 radical (unpaired) electrons. The van der Waals surface area contributed by atoms with Crippen LogP contribution in [0.3, 0.4) is 0 Å². The van der Waals surface area contributed by atoms with Crippen LogP contribution in [0.5, 0.6) is 0 Å². The van der Waals surface area contributed by atoms with Crippen molar-refractivity contribution in [3.63, 3.8) is 0 Å². The number of fused-ring (bicyclic) bond motifs is 1. The lowest BCUT2D eigenvalue weighted by Crippen LogP contribution is -2.39. The zero-order valence-corrected chi connectivity index (χ0v) is 18.1. The Labute approximate surface area is 177 Å². The second-order valence-corrected chi connectivity index (χ2v) is 8.63. The summed E-state index contributed by atoms with van der Waals surface area (Å²) in [5.74, 6) is 0. The molecule has 2 heterocycles. The van der Waals surface area contributed by atoms with Crippen LogP contribution in [-0.4, -0.2) is 41.3 Å². The van der Waals surface area contributed by atoms with Crippen molar-refractivity contribution in [2.75, 3.05) is 25.5 Å². The van der Waals surface area contributed by atoms with Crippen LogP contribution in [0.1, 0.15) is 32.8 Å². The number of nitrogens with one attached hydrogen (secondary N) is 1. The molecule has 0 spiro atoms. The van der Waals surface area contributed by atoms with Crippen molar-refractivity contribution in [2.45, 2.75) is 32.8 Å². The molecular formula is C25H29N3O2. The second kappa shape index (κ2) is 7.90. The van der Waals surface area contributed by atoms with Crippen molar-refractivity contribution < 1.29 is 9.53 Å². The molecule has 2 aromatic carbocycles. The topological polar surface area (TPSA) is 46.5 Å². The van der Waals surface area contributed by atoms with E-state index in [4.69, 9.17) is 4.74 Å².